The van der Waals surface area contributed by atoms with Gasteiger partial charge in [-0.1, -0.05) is 27.7 Å². The van der Waals surface area contributed by atoms with Gasteiger partial charge in [0.05, 0.1) is 5.41 Å². The Morgan fingerprint density at radius 1 is 0.905 bits per heavy atom. The molecule has 6 bridgehead atoms. The molecule has 9 nitrogen and oxygen atoms in total. The lowest BCUT2D eigenvalue weighted by atomic mass is 9.49. The second-order valence-electron chi connectivity index (χ2n) is 14.8. The molecule has 1 N–H and O–H groups in total. The van der Waals surface area contributed by atoms with E-state index in [4.69, 9.17) is 14.2 Å². The Kier molecular flexibility index (Phi) is 6.25. The summed E-state index contributed by atoms with van der Waals surface area (Å²) >= 11 is 0. The van der Waals surface area contributed by atoms with E-state index >= 15 is 0 Å². The Balaban J connectivity index is 1.12. The van der Waals surface area contributed by atoms with Crippen molar-refractivity contribution in [3.05, 3.63) is 23.3 Å². The number of hydrogen-bond donors (Lipinski definition) is 1. The summed E-state index contributed by atoms with van der Waals surface area (Å²) in [6.45, 7) is 7.16. The van der Waals surface area contributed by atoms with Gasteiger partial charge in [-0.05, 0) is 104 Å². The first kappa shape index (κ1) is 28.3. The maximum atomic E-state index is 13.8. The summed E-state index contributed by atoms with van der Waals surface area (Å²) in [4.78, 5) is 40.7. The first-order valence-electron chi connectivity index (χ1n) is 15.5. The molecule has 0 radical (unpaired) electrons. The molecule has 1 aromatic rings. The molecule has 1 aliphatic heterocycles. The van der Waals surface area contributed by atoms with Crippen LogP contribution in [0.4, 0.5) is 0 Å². The molecule has 7 aliphatic rings. The van der Waals surface area contributed by atoms with Crippen molar-refractivity contribution >= 4 is 28.0 Å². The van der Waals surface area contributed by atoms with E-state index in [0.717, 1.165) is 19.3 Å². The molecule has 1 saturated heterocycles. The van der Waals surface area contributed by atoms with Crippen molar-refractivity contribution in [1.29, 1.82) is 0 Å². The number of ether oxygens (including phenoxy) is 3. The number of fused-ring (bicyclic) bond motifs is 1. The van der Waals surface area contributed by atoms with Crippen molar-refractivity contribution in [2.45, 2.75) is 108 Å². The van der Waals surface area contributed by atoms with Crippen LogP contribution in [0.15, 0.2) is 17.0 Å². The van der Waals surface area contributed by atoms with Gasteiger partial charge in [-0.3, -0.25) is 18.9 Å². The molecule has 0 amide bonds. The van der Waals surface area contributed by atoms with Crippen molar-refractivity contribution in [3.63, 3.8) is 0 Å². The average molecular weight is 601 g/mol. The minimum Gasteiger partial charge on any atom is -0.458 e. The van der Waals surface area contributed by atoms with Crippen LogP contribution in [0.1, 0.15) is 102 Å². The molecule has 5 atom stereocenters. The second kappa shape index (κ2) is 9.27. The molecule has 1 aromatic carbocycles. The van der Waals surface area contributed by atoms with Crippen LogP contribution in [0.2, 0.25) is 0 Å². The Morgan fingerprint density at radius 2 is 1.45 bits per heavy atom. The minimum atomic E-state index is -4.53. The average Bonchev–Trinajstić information content (AvgIpc) is 3.49. The van der Waals surface area contributed by atoms with E-state index in [2.05, 4.69) is 0 Å². The van der Waals surface area contributed by atoms with E-state index in [1.54, 1.807) is 27.7 Å². The standard InChI is InChI=1S/C32H40O9S/c1-15(2)22-9-21(10-23(16(3)4)27(22)42(36,37)38)39-29(34)32-14-20-8-24(32)26(41-30(32)35)25(20)40-28(33)31-11-17-5-18(12-31)7-19(6-17)13-31/h9-10,15-20,24-26H,5-8,11-14H2,1-4H3,(H,36,37,38). The number of esters is 3. The van der Waals surface area contributed by atoms with E-state index in [1.807, 2.05) is 0 Å². The summed E-state index contributed by atoms with van der Waals surface area (Å²) in [6.07, 6.45) is 5.89. The van der Waals surface area contributed by atoms with E-state index in [1.165, 1.54) is 31.4 Å². The summed E-state index contributed by atoms with van der Waals surface area (Å²) < 4.78 is 52.4. The van der Waals surface area contributed by atoms with Crippen molar-refractivity contribution in [1.82, 2.24) is 0 Å². The zero-order valence-electron chi connectivity index (χ0n) is 24.6. The van der Waals surface area contributed by atoms with Crippen LogP contribution in [-0.2, 0) is 34.0 Å². The fraction of sp³-hybridized carbons (Fsp3) is 0.719. The van der Waals surface area contributed by atoms with Crippen molar-refractivity contribution in [2.75, 3.05) is 0 Å². The van der Waals surface area contributed by atoms with Crippen LogP contribution < -0.4 is 4.74 Å². The number of rotatable bonds is 7. The lowest BCUT2D eigenvalue weighted by molar-refractivity contribution is -0.185. The molecule has 6 aliphatic carbocycles. The van der Waals surface area contributed by atoms with E-state index in [9.17, 15) is 27.4 Å². The quantitative estimate of drug-likeness (QED) is 0.195. The van der Waals surface area contributed by atoms with E-state index < -0.39 is 51.0 Å². The summed E-state index contributed by atoms with van der Waals surface area (Å²) in [5, 5.41) is 0. The third-order valence-electron chi connectivity index (χ3n) is 11.5. The van der Waals surface area contributed by atoms with Crippen LogP contribution in [0.5, 0.6) is 5.75 Å². The van der Waals surface area contributed by atoms with Gasteiger partial charge in [0.15, 0.2) is 5.41 Å². The van der Waals surface area contributed by atoms with Gasteiger partial charge < -0.3 is 14.2 Å². The number of carbonyl (C=O) groups is 3. The Bertz CT molecular complexity index is 1410. The van der Waals surface area contributed by atoms with Crippen LogP contribution >= 0.6 is 0 Å². The monoisotopic (exact) mass is 600 g/mol. The maximum Gasteiger partial charge on any atom is 0.329 e. The lowest BCUT2D eigenvalue weighted by Gasteiger charge is -2.55. The fourth-order valence-electron chi connectivity index (χ4n) is 10.1. The molecule has 10 heteroatoms. The SMILES string of the molecule is CC(C)c1cc(OC(=O)C23CC4CC2C(OC3=O)C4OC(=O)C23CC4CC(CC(C4)C2)C3)cc(C(C)C)c1S(=O)(=O)O. The highest BCUT2D eigenvalue weighted by molar-refractivity contribution is 7.86. The van der Waals surface area contributed by atoms with Gasteiger partial charge in [0, 0.05) is 11.8 Å². The third kappa shape index (κ3) is 4.03. The van der Waals surface area contributed by atoms with Crippen LogP contribution in [0, 0.1) is 40.4 Å². The first-order chi connectivity index (χ1) is 19.7. The topological polar surface area (TPSA) is 133 Å². The van der Waals surface area contributed by atoms with Crippen LogP contribution in [0.3, 0.4) is 0 Å². The van der Waals surface area contributed by atoms with Gasteiger partial charge in [0.2, 0.25) is 0 Å². The zero-order chi connectivity index (χ0) is 29.9. The molecule has 0 spiro atoms. The second-order valence-corrected chi connectivity index (χ2v) is 16.2. The number of benzene rings is 1. The van der Waals surface area contributed by atoms with Crippen molar-refractivity contribution in [3.8, 4) is 5.75 Å². The Morgan fingerprint density at radius 3 is 1.95 bits per heavy atom. The third-order valence-corrected chi connectivity index (χ3v) is 12.5. The van der Waals surface area contributed by atoms with E-state index in [-0.39, 0.29) is 40.8 Å². The summed E-state index contributed by atoms with van der Waals surface area (Å²) in [6, 6.07) is 2.91. The van der Waals surface area contributed by atoms with Gasteiger partial charge in [-0.25, -0.2) is 0 Å². The molecular weight excluding hydrogens is 560 g/mol. The smallest absolute Gasteiger partial charge is 0.329 e. The summed E-state index contributed by atoms with van der Waals surface area (Å²) in [5.41, 5.74) is -1.22. The predicted octanol–water partition coefficient (Wildman–Crippen LogP) is 5.17. The van der Waals surface area contributed by atoms with Gasteiger partial charge in [0.1, 0.15) is 22.9 Å². The fourth-order valence-corrected chi connectivity index (χ4v) is 11.3. The van der Waals surface area contributed by atoms with Gasteiger partial charge in [-0.2, -0.15) is 8.42 Å². The van der Waals surface area contributed by atoms with Crippen LogP contribution in [-0.4, -0.2) is 43.1 Å². The first-order valence-corrected chi connectivity index (χ1v) is 17.0. The zero-order valence-corrected chi connectivity index (χ0v) is 25.4. The predicted molar refractivity (Wildman–Crippen MR) is 149 cm³/mol. The van der Waals surface area contributed by atoms with Gasteiger partial charge >= 0.3 is 17.9 Å². The molecular formula is C32H40O9S. The molecule has 42 heavy (non-hydrogen) atoms. The Hall–Kier alpha value is -2.46. The van der Waals surface area contributed by atoms with Gasteiger partial charge in [0.25, 0.3) is 10.1 Å². The lowest BCUT2D eigenvalue weighted by Crippen LogP contribution is -2.52. The maximum absolute atomic E-state index is 13.8. The number of hydrogen-bond acceptors (Lipinski definition) is 8. The molecule has 8 rings (SSSR count). The summed E-state index contributed by atoms with van der Waals surface area (Å²) in [5.74, 6) is -0.751. The van der Waals surface area contributed by atoms with Crippen LogP contribution in [0.25, 0.3) is 0 Å². The highest BCUT2D eigenvalue weighted by Crippen LogP contribution is 2.64. The van der Waals surface area contributed by atoms with Crippen molar-refractivity contribution in [2.24, 2.45) is 40.4 Å². The number of carbonyl (C=O) groups excluding carboxylic acids is 3. The molecule has 5 unspecified atom stereocenters. The highest BCUT2D eigenvalue weighted by Gasteiger charge is 2.76. The van der Waals surface area contributed by atoms with Crippen molar-refractivity contribution < 1.29 is 41.6 Å². The normalized spacial score (nSPS) is 39.3. The summed E-state index contributed by atoms with van der Waals surface area (Å²) in [7, 11) is -4.53. The molecule has 7 fully saturated rings. The Labute approximate surface area is 246 Å². The van der Waals surface area contributed by atoms with E-state index in [0.29, 0.717) is 35.3 Å². The molecule has 6 saturated carbocycles. The highest BCUT2D eigenvalue weighted by atomic mass is 32.2. The largest absolute Gasteiger partial charge is 0.458 e. The molecule has 1 heterocycles. The van der Waals surface area contributed by atoms with Gasteiger partial charge in [-0.15, -0.1) is 0 Å². The molecule has 0 aromatic heterocycles. The molecule has 228 valence electrons. The minimum absolute atomic E-state index is 0.123.